The highest BCUT2D eigenvalue weighted by molar-refractivity contribution is 5.88. The molecule has 5 nitrogen and oxygen atoms in total. The van der Waals surface area contributed by atoms with Crippen LogP contribution in [0.4, 0.5) is 0 Å². The summed E-state index contributed by atoms with van der Waals surface area (Å²) in [6.45, 7) is 6.14. The summed E-state index contributed by atoms with van der Waals surface area (Å²) >= 11 is 0. The van der Waals surface area contributed by atoms with Crippen molar-refractivity contribution in [3.8, 4) is 0 Å². The van der Waals surface area contributed by atoms with E-state index in [0.29, 0.717) is 5.69 Å². The van der Waals surface area contributed by atoms with E-state index in [1.807, 2.05) is 20.8 Å². The minimum absolute atomic E-state index is 0.201. The van der Waals surface area contributed by atoms with E-state index in [1.165, 1.54) is 13.3 Å². The van der Waals surface area contributed by atoms with E-state index in [0.717, 1.165) is 0 Å². The van der Waals surface area contributed by atoms with Crippen molar-refractivity contribution in [1.82, 2.24) is 9.78 Å². The second kappa shape index (κ2) is 4.02. The highest BCUT2D eigenvalue weighted by atomic mass is 16.5. The van der Waals surface area contributed by atoms with Crippen LogP contribution >= 0.6 is 0 Å². The van der Waals surface area contributed by atoms with Crippen LogP contribution in [0.15, 0.2) is 6.20 Å². The van der Waals surface area contributed by atoms with Gasteiger partial charge in [-0.3, -0.25) is 4.68 Å². The second-order valence-electron chi connectivity index (χ2n) is 4.33. The number of aromatic carboxylic acids is 1. The lowest BCUT2D eigenvalue weighted by atomic mass is 10.1. The van der Waals surface area contributed by atoms with E-state index in [9.17, 15) is 4.79 Å². The molecular weight excluding hydrogens is 196 g/mol. The predicted molar refractivity (Wildman–Crippen MR) is 54.9 cm³/mol. The molecule has 1 heterocycles. The van der Waals surface area contributed by atoms with Crippen molar-refractivity contribution in [1.29, 1.82) is 0 Å². The summed E-state index contributed by atoms with van der Waals surface area (Å²) in [6.07, 6.45) is 1.36. The third-order valence-electron chi connectivity index (χ3n) is 2.02. The molecule has 0 amide bonds. The molecule has 0 unspecified atom stereocenters. The number of carboxylic acids is 1. The Morgan fingerprint density at radius 1 is 1.60 bits per heavy atom. The molecule has 1 aromatic rings. The van der Waals surface area contributed by atoms with Gasteiger partial charge in [-0.2, -0.15) is 5.10 Å². The standard InChI is InChI=1S/C10H16N2O3/c1-10(2,3)12-8(6-15-4)7(5-11-12)9(13)14/h5H,6H2,1-4H3,(H,13,14). The summed E-state index contributed by atoms with van der Waals surface area (Å²) in [5.41, 5.74) is 0.547. The molecule has 0 saturated carbocycles. The van der Waals surface area contributed by atoms with Gasteiger partial charge < -0.3 is 9.84 Å². The highest BCUT2D eigenvalue weighted by Crippen LogP contribution is 2.19. The molecule has 84 valence electrons. The largest absolute Gasteiger partial charge is 0.478 e. The Bertz CT molecular complexity index is 363. The van der Waals surface area contributed by atoms with Gasteiger partial charge in [0.05, 0.1) is 24.0 Å². The number of ether oxygens (including phenoxy) is 1. The predicted octanol–water partition coefficient (Wildman–Crippen LogP) is 1.48. The van der Waals surface area contributed by atoms with Crippen molar-refractivity contribution >= 4 is 5.97 Å². The number of hydrogen-bond donors (Lipinski definition) is 1. The van der Waals surface area contributed by atoms with E-state index < -0.39 is 5.97 Å². The third kappa shape index (κ3) is 2.36. The topological polar surface area (TPSA) is 64.3 Å². The monoisotopic (exact) mass is 212 g/mol. The van der Waals surface area contributed by atoms with Crippen LogP contribution in [0.2, 0.25) is 0 Å². The maximum absolute atomic E-state index is 10.9. The molecule has 5 heteroatoms. The fourth-order valence-corrected chi connectivity index (χ4v) is 1.41. The highest BCUT2D eigenvalue weighted by Gasteiger charge is 2.23. The molecule has 1 aromatic heterocycles. The van der Waals surface area contributed by atoms with Crippen molar-refractivity contribution in [2.24, 2.45) is 0 Å². The summed E-state index contributed by atoms with van der Waals surface area (Å²) in [5.74, 6) is -0.974. The Labute approximate surface area is 88.7 Å². The normalized spacial score (nSPS) is 11.7. The molecular formula is C10H16N2O3. The van der Waals surface area contributed by atoms with E-state index >= 15 is 0 Å². The molecule has 0 aliphatic heterocycles. The fraction of sp³-hybridized carbons (Fsp3) is 0.600. The van der Waals surface area contributed by atoms with Crippen molar-refractivity contribution in [3.05, 3.63) is 17.5 Å². The Morgan fingerprint density at radius 2 is 2.20 bits per heavy atom. The van der Waals surface area contributed by atoms with Crippen LogP contribution in [-0.2, 0) is 16.9 Å². The van der Waals surface area contributed by atoms with E-state index in [2.05, 4.69) is 5.10 Å². The van der Waals surface area contributed by atoms with E-state index in [-0.39, 0.29) is 17.7 Å². The van der Waals surface area contributed by atoms with Crippen molar-refractivity contribution in [3.63, 3.8) is 0 Å². The first-order valence-corrected chi connectivity index (χ1v) is 4.67. The minimum atomic E-state index is -0.974. The number of methoxy groups -OCH3 is 1. The number of rotatable bonds is 3. The van der Waals surface area contributed by atoms with Crippen molar-refractivity contribution in [2.75, 3.05) is 7.11 Å². The maximum Gasteiger partial charge on any atom is 0.339 e. The van der Waals surface area contributed by atoms with Gasteiger partial charge in [-0.05, 0) is 20.8 Å². The van der Waals surface area contributed by atoms with Gasteiger partial charge in [0.15, 0.2) is 0 Å². The molecule has 0 radical (unpaired) electrons. The quantitative estimate of drug-likeness (QED) is 0.824. The lowest BCUT2D eigenvalue weighted by Gasteiger charge is -2.22. The second-order valence-corrected chi connectivity index (χ2v) is 4.33. The summed E-state index contributed by atoms with van der Waals surface area (Å²) < 4.78 is 6.67. The van der Waals surface area contributed by atoms with Gasteiger partial charge in [-0.25, -0.2) is 4.79 Å². The van der Waals surface area contributed by atoms with Gasteiger partial charge >= 0.3 is 5.97 Å². The van der Waals surface area contributed by atoms with Crippen molar-refractivity contribution < 1.29 is 14.6 Å². The fourth-order valence-electron chi connectivity index (χ4n) is 1.41. The molecule has 0 bridgehead atoms. The van der Waals surface area contributed by atoms with Crippen LogP contribution in [0.25, 0.3) is 0 Å². The SMILES string of the molecule is COCc1c(C(=O)O)cnn1C(C)(C)C. The van der Waals surface area contributed by atoms with Crippen LogP contribution in [0.1, 0.15) is 36.8 Å². The molecule has 0 aliphatic carbocycles. The van der Waals surface area contributed by atoms with Crippen molar-refractivity contribution in [2.45, 2.75) is 32.9 Å². The van der Waals surface area contributed by atoms with Crippen LogP contribution < -0.4 is 0 Å². The van der Waals surface area contributed by atoms with Crippen LogP contribution in [0.3, 0.4) is 0 Å². The lowest BCUT2D eigenvalue weighted by Crippen LogP contribution is -2.26. The zero-order valence-corrected chi connectivity index (χ0v) is 9.44. The van der Waals surface area contributed by atoms with Gasteiger partial charge in [0.2, 0.25) is 0 Å². The zero-order valence-electron chi connectivity index (χ0n) is 9.44. The first-order valence-electron chi connectivity index (χ1n) is 4.67. The van der Waals surface area contributed by atoms with Gasteiger partial charge in [-0.1, -0.05) is 0 Å². The Kier molecular flexibility index (Phi) is 3.14. The Morgan fingerprint density at radius 3 is 2.60 bits per heavy atom. The number of aromatic nitrogens is 2. The number of carboxylic acid groups (broad SMARTS) is 1. The Balaban J connectivity index is 3.24. The summed E-state index contributed by atoms with van der Waals surface area (Å²) in [5, 5.41) is 13.0. The summed E-state index contributed by atoms with van der Waals surface area (Å²) in [7, 11) is 1.53. The minimum Gasteiger partial charge on any atom is -0.478 e. The van der Waals surface area contributed by atoms with Gasteiger partial charge in [0.25, 0.3) is 0 Å². The van der Waals surface area contributed by atoms with Crippen LogP contribution in [0.5, 0.6) is 0 Å². The summed E-state index contributed by atoms with van der Waals surface area (Å²) in [6, 6.07) is 0. The first-order chi connectivity index (χ1) is 6.88. The molecule has 0 aromatic carbocycles. The molecule has 0 fully saturated rings. The van der Waals surface area contributed by atoms with Crippen LogP contribution in [0, 0.1) is 0 Å². The molecule has 15 heavy (non-hydrogen) atoms. The van der Waals surface area contributed by atoms with Gasteiger partial charge in [0, 0.05) is 7.11 Å². The smallest absolute Gasteiger partial charge is 0.339 e. The third-order valence-corrected chi connectivity index (χ3v) is 2.02. The van der Waals surface area contributed by atoms with Crippen LogP contribution in [-0.4, -0.2) is 28.0 Å². The molecule has 1 rings (SSSR count). The molecule has 0 spiro atoms. The van der Waals surface area contributed by atoms with Gasteiger partial charge in [0.1, 0.15) is 5.56 Å². The average molecular weight is 212 g/mol. The van der Waals surface area contributed by atoms with E-state index in [1.54, 1.807) is 4.68 Å². The molecule has 1 N–H and O–H groups in total. The summed E-state index contributed by atoms with van der Waals surface area (Å²) in [4.78, 5) is 10.9. The number of hydrogen-bond acceptors (Lipinski definition) is 3. The first kappa shape index (κ1) is 11.7. The molecule has 0 atom stereocenters. The molecule has 0 aliphatic rings. The average Bonchev–Trinajstić information content (AvgIpc) is 2.47. The number of carbonyl (C=O) groups is 1. The number of nitrogens with zero attached hydrogens (tertiary/aromatic N) is 2. The molecule has 0 saturated heterocycles. The maximum atomic E-state index is 10.9. The van der Waals surface area contributed by atoms with Gasteiger partial charge in [-0.15, -0.1) is 0 Å². The lowest BCUT2D eigenvalue weighted by molar-refractivity contribution is 0.0690. The Hall–Kier alpha value is -1.36. The van der Waals surface area contributed by atoms with E-state index in [4.69, 9.17) is 9.84 Å². The zero-order chi connectivity index (χ0) is 11.6.